The van der Waals surface area contributed by atoms with Crippen LogP contribution in [0.4, 0.5) is 0 Å². The lowest BCUT2D eigenvalue weighted by atomic mass is 9.98. The van der Waals surface area contributed by atoms with Gasteiger partial charge in [0.1, 0.15) is 10.6 Å². The van der Waals surface area contributed by atoms with Crippen LogP contribution < -0.4 is 10.1 Å². The third-order valence-electron chi connectivity index (χ3n) is 4.30. The summed E-state index contributed by atoms with van der Waals surface area (Å²) in [5, 5.41) is 3.17. The molecule has 1 saturated heterocycles. The predicted molar refractivity (Wildman–Crippen MR) is 99.0 cm³/mol. The van der Waals surface area contributed by atoms with Crippen molar-refractivity contribution in [3.8, 4) is 5.75 Å². The van der Waals surface area contributed by atoms with Gasteiger partial charge in [0, 0.05) is 31.3 Å². The summed E-state index contributed by atoms with van der Waals surface area (Å²) in [6.45, 7) is 2.73. The lowest BCUT2D eigenvalue weighted by molar-refractivity contribution is -0.127. The van der Waals surface area contributed by atoms with Crippen molar-refractivity contribution in [1.29, 1.82) is 0 Å². The summed E-state index contributed by atoms with van der Waals surface area (Å²) >= 11 is 5.97. The fourth-order valence-corrected chi connectivity index (χ4v) is 4.96. The summed E-state index contributed by atoms with van der Waals surface area (Å²) < 4.78 is 37.6. The third-order valence-corrected chi connectivity index (χ3v) is 6.43. The Hall–Kier alpha value is -1.35. The molecule has 0 radical (unpaired) electrons. The minimum Gasteiger partial charge on any atom is -0.495 e. The van der Waals surface area contributed by atoms with Crippen molar-refractivity contribution < 1.29 is 22.7 Å². The highest BCUT2D eigenvalue weighted by Crippen LogP contribution is 2.31. The summed E-state index contributed by atoms with van der Waals surface area (Å²) in [6, 6.07) is 4.34. The first kappa shape index (κ1) is 21.0. The number of methoxy groups -OCH3 is 2. The van der Waals surface area contributed by atoms with Crippen molar-refractivity contribution in [2.24, 2.45) is 5.92 Å². The van der Waals surface area contributed by atoms with Crippen molar-refractivity contribution in [2.45, 2.75) is 30.7 Å². The topological polar surface area (TPSA) is 84.9 Å². The molecule has 0 unspecified atom stereocenters. The zero-order chi connectivity index (χ0) is 19.3. The van der Waals surface area contributed by atoms with Gasteiger partial charge in [0.25, 0.3) is 0 Å². The van der Waals surface area contributed by atoms with Crippen LogP contribution in [0.25, 0.3) is 0 Å². The molecule has 0 aliphatic carbocycles. The Morgan fingerprint density at radius 1 is 1.42 bits per heavy atom. The van der Waals surface area contributed by atoms with E-state index in [9.17, 15) is 13.2 Å². The van der Waals surface area contributed by atoms with Gasteiger partial charge in [-0.25, -0.2) is 8.42 Å². The van der Waals surface area contributed by atoms with E-state index in [1.807, 2.05) is 6.92 Å². The van der Waals surface area contributed by atoms with Crippen molar-refractivity contribution in [2.75, 3.05) is 33.9 Å². The van der Waals surface area contributed by atoms with Crippen LogP contribution in [0.15, 0.2) is 23.1 Å². The van der Waals surface area contributed by atoms with Crippen LogP contribution in [0, 0.1) is 5.92 Å². The lowest BCUT2D eigenvalue weighted by Gasteiger charge is -2.32. The zero-order valence-corrected chi connectivity index (χ0v) is 16.8. The molecule has 0 bridgehead atoms. The Balaban J connectivity index is 2.18. The molecule has 2 atom stereocenters. The van der Waals surface area contributed by atoms with Crippen LogP contribution in [-0.4, -0.2) is 58.6 Å². The van der Waals surface area contributed by atoms with Crippen molar-refractivity contribution in [3.63, 3.8) is 0 Å². The summed E-state index contributed by atoms with van der Waals surface area (Å²) in [5.41, 5.74) is 0. The molecule has 2 rings (SSSR count). The minimum absolute atomic E-state index is 0.0151. The van der Waals surface area contributed by atoms with E-state index in [0.29, 0.717) is 31.0 Å². The Kier molecular flexibility index (Phi) is 7.28. The predicted octanol–water partition coefficient (Wildman–Crippen LogP) is 1.90. The lowest BCUT2D eigenvalue weighted by Crippen LogP contribution is -2.47. The van der Waals surface area contributed by atoms with Crippen molar-refractivity contribution >= 4 is 27.5 Å². The first-order valence-corrected chi connectivity index (χ1v) is 10.2. The highest BCUT2D eigenvalue weighted by Gasteiger charge is 2.35. The number of ether oxygens (including phenoxy) is 2. The monoisotopic (exact) mass is 404 g/mol. The van der Waals surface area contributed by atoms with Gasteiger partial charge in [0.15, 0.2) is 0 Å². The quantitative estimate of drug-likeness (QED) is 0.750. The number of sulfonamides is 1. The van der Waals surface area contributed by atoms with Crippen LogP contribution >= 0.6 is 11.6 Å². The molecule has 1 amide bonds. The molecule has 26 heavy (non-hydrogen) atoms. The summed E-state index contributed by atoms with van der Waals surface area (Å²) in [5.74, 6) is -0.329. The van der Waals surface area contributed by atoms with Gasteiger partial charge in [-0.1, -0.05) is 11.6 Å². The van der Waals surface area contributed by atoms with E-state index in [-0.39, 0.29) is 29.1 Å². The van der Waals surface area contributed by atoms with E-state index >= 15 is 0 Å². The Morgan fingerprint density at radius 2 is 2.15 bits per heavy atom. The number of piperidine rings is 1. The van der Waals surface area contributed by atoms with E-state index < -0.39 is 15.9 Å². The molecule has 0 saturated carbocycles. The smallest absolute Gasteiger partial charge is 0.246 e. The SMILES string of the molecule is COC[C@@H](C)NC(=O)[C@H]1CCCN(S(=O)(=O)c2cc(Cl)ccc2OC)C1. The van der Waals surface area contributed by atoms with Crippen LogP contribution in [-0.2, 0) is 19.6 Å². The summed E-state index contributed by atoms with van der Waals surface area (Å²) in [6.07, 6.45) is 1.25. The maximum atomic E-state index is 13.0. The molecular weight excluding hydrogens is 380 g/mol. The molecule has 1 heterocycles. The number of rotatable bonds is 7. The fourth-order valence-electron chi connectivity index (χ4n) is 3.02. The first-order valence-electron chi connectivity index (χ1n) is 8.42. The number of carbonyl (C=O) groups is 1. The zero-order valence-electron chi connectivity index (χ0n) is 15.2. The molecule has 1 aliphatic heterocycles. The van der Waals surface area contributed by atoms with Crippen molar-refractivity contribution in [3.05, 3.63) is 23.2 Å². The normalized spacial score (nSPS) is 19.8. The second-order valence-corrected chi connectivity index (χ2v) is 8.71. The Morgan fingerprint density at radius 3 is 2.81 bits per heavy atom. The second kappa shape index (κ2) is 9.03. The summed E-state index contributed by atoms with van der Waals surface area (Å²) in [4.78, 5) is 12.5. The molecule has 1 fully saturated rings. The molecule has 9 heteroatoms. The molecule has 1 aromatic rings. The minimum atomic E-state index is -3.81. The number of carbonyl (C=O) groups excluding carboxylic acids is 1. The Labute approximate surface area is 159 Å². The van der Waals surface area contributed by atoms with Gasteiger partial charge >= 0.3 is 0 Å². The second-order valence-electron chi connectivity index (χ2n) is 6.36. The number of benzene rings is 1. The molecule has 0 spiro atoms. The maximum Gasteiger partial charge on any atom is 0.246 e. The Bertz CT molecular complexity index is 741. The molecule has 1 aromatic carbocycles. The average molecular weight is 405 g/mol. The van der Waals surface area contributed by atoms with Gasteiger partial charge in [0.2, 0.25) is 15.9 Å². The highest BCUT2D eigenvalue weighted by atomic mass is 35.5. The van der Waals surface area contributed by atoms with E-state index in [4.69, 9.17) is 21.1 Å². The van der Waals surface area contributed by atoms with E-state index in [0.717, 1.165) is 0 Å². The van der Waals surface area contributed by atoms with Gasteiger partial charge in [-0.3, -0.25) is 4.79 Å². The summed E-state index contributed by atoms with van der Waals surface area (Å²) in [7, 11) is -0.839. The standard InChI is InChI=1S/C17H25ClN2O5S/c1-12(11-24-2)19-17(21)13-5-4-8-20(10-13)26(22,23)16-9-14(18)6-7-15(16)25-3/h6-7,9,12-13H,4-5,8,10-11H2,1-3H3,(H,19,21)/t12-,13+/m1/s1. The van der Waals surface area contributed by atoms with Gasteiger partial charge < -0.3 is 14.8 Å². The fraction of sp³-hybridized carbons (Fsp3) is 0.588. The van der Waals surface area contributed by atoms with Gasteiger partial charge in [-0.15, -0.1) is 0 Å². The van der Waals surface area contributed by atoms with Gasteiger partial charge in [0.05, 0.1) is 19.6 Å². The van der Waals surface area contributed by atoms with Crippen molar-refractivity contribution in [1.82, 2.24) is 9.62 Å². The molecule has 7 nitrogen and oxygen atoms in total. The van der Waals surface area contributed by atoms with E-state index in [1.54, 1.807) is 13.2 Å². The van der Waals surface area contributed by atoms with Crippen LogP contribution in [0.2, 0.25) is 5.02 Å². The molecule has 0 aromatic heterocycles. The van der Waals surface area contributed by atoms with E-state index in [1.165, 1.54) is 23.5 Å². The van der Waals surface area contributed by atoms with Crippen LogP contribution in [0.1, 0.15) is 19.8 Å². The number of nitrogens with one attached hydrogen (secondary N) is 1. The van der Waals surface area contributed by atoms with Gasteiger partial charge in [-0.2, -0.15) is 4.31 Å². The van der Waals surface area contributed by atoms with Crippen LogP contribution in [0.5, 0.6) is 5.75 Å². The number of hydrogen-bond donors (Lipinski definition) is 1. The molecule has 1 N–H and O–H groups in total. The molecule has 146 valence electrons. The molecule has 1 aliphatic rings. The maximum absolute atomic E-state index is 13.0. The number of nitrogens with zero attached hydrogens (tertiary/aromatic N) is 1. The average Bonchev–Trinajstić information content (AvgIpc) is 2.62. The van der Waals surface area contributed by atoms with Gasteiger partial charge in [-0.05, 0) is 38.0 Å². The number of hydrogen-bond acceptors (Lipinski definition) is 5. The molecular formula is C17H25ClN2O5S. The number of halogens is 1. The first-order chi connectivity index (χ1) is 12.3. The third kappa shape index (κ3) is 4.88. The van der Waals surface area contributed by atoms with E-state index in [2.05, 4.69) is 5.32 Å². The number of amides is 1. The largest absolute Gasteiger partial charge is 0.495 e. The highest BCUT2D eigenvalue weighted by molar-refractivity contribution is 7.89. The van der Waals surface area contributed by atoms with Crippen LogP contribution in [0.3, 0.4) is 0 Å².